The van der Waals surface area contributed by atoms with Crippen LogP contribution in [-0.4, -0.2) is 24.9 Å². The van der Waals surface area contributed by atoms with Crippen molar-refractivity contribution in [3.63, 3.8) is 0 Å². The molecule has 1 aromatic carbocycles. The Kier molecular flexibility index (Phi) is 4.44. The molecule has 0 bridgehead atoms. The van der Waals surface area contributed by atoms with Crippen molar-refractivity contribution in [3.05, 3.63) is 35.0 Å². The summed E-state index contributed by atoms with van der Waals surface area (Å²) >= 11 is 0. The summed E-state index contributed by atoms with van der Waals surface area (Å²) in [6.45, 7) is 1.89. The quantitative estimate of drug-likeness (QED) is 0.812. The minimum absolute atomic E-state index is 0.0495. The van der Waals surface area contributed by atoms with Gasteiger partial charge in [-0.15, -0.1) is 0 Å². The Morgan fingerprint density at radius 1 is 1.15 bits per heavy atom. The standard InChI is InChI=1S/C19H22N2O5/c1-11-16(18(22)26-13-5-3-2-4-6-13)17(21-19(23)20-11)12-7-8-14-15(9-12)25-10-24-14/h7-9,13,17H,2-6,10H2,1H3,(H2,20,21,23)/t17-/m1/s1. The molecular weight excluding hydrogens is 336 g/mol. The Morgan fingerprint density at radius 2 is 1.92 bits per heavy atom. The number of esters is 1. The second-order valence-electron chi connectivity index (χ2n) is 6.85. The van der Waals surface area contributed by atoms with E-state index < -0.39 is 6.04 Å². The van der Waals surface area contributed by atoms with Crippen LogP contribution in [0.3, 0.4) is 0 Å². The van der Waals surface area contributed by atoms with E-state index in [-0.39, 0.29) is 24.9 Å². The number of carbonyl (C=O) groups excluding carboxylic acids is 2. The van der Waals surface area contributed by atoms with Crippen LogP contribution < -0.4 is 20.1 Å². The number of amides is 2. The van der Waals surface area contributed by atoms with Crippen molar-refractivity contribution in [1.82, 2.24) is 10.6 Å². The summed E-state index contributed by atoms with van der Waals surface area (Å²) in [5.74, 6) is 0.874. The molecule has 0 spiro atoms. The van der Waals surface area contributed by atoms with Crippen LogP contribution in [0.5, 0.6) is 11.5 Å². The van der Waals surface area contributed by atoms with E-state index in [0.29, 0.717) is 22.8 Å². The molecule has 26 heavy (non-hydrogen) atoms. The van der Waals surface area contributed by atoms with Gasteiger partial charge in [0, 0.05) is 5.70 Å². The van der Waals surface area contributed by atoms with Crippen LogP contribution in [0.25, 0.3) is 0 Å². The summed E-state index contributed by atoms with van der Waals surface area (Å²) in [5, 5.41) is 5.49. The van der Waals surface area contributed by atoms with Crippen LogP contribution in [0, 0.1) is 0 Å². The van der Waals surface area contributed by atoms with Gasteiger partial charge in [0.15, 0.2) is 11.5 Å². The second-order valence-corrected chi connectivity index (χ2v) is 6.85. The van der Waals surface area contributed by atoms with Crippen LogP contribution in [-0.2, 0) is 9.53 Å². The molecule has 7 heteroatoms. The highest BCUT2D eigenvalue weighted by atomic mass is 16.7. The van der Waals surface area contributed by atoms with E-state index in [2.05, 4.69) is 10.6 Å². The number of fused-ring (bicyclic) bond motifs is 1. The zero-order valence-corrected chi connectivity index (χ0v) is 14.7. The molecule has 1 fully saturated rings. The van der Waals surface area contributed by atoms with E-state index in [1.165, 1.54) is 6.42 Å². The van der Waals surface area contributed by atoms with E-state index in [1.807, 2.05) is 6.07 Å². The molecule has 0 aromatic heterocycles. The van der Waals surface area contributed by atoms with E-state index in [4.69, 9.17) is 14.2 Å². The van der Waals surface area contributed by atoms with Crippen molar-refractivity contribution in [3.8, 4) is 11.5 Å². The highest BCUT2D eigenvalue weighted by Crippen LogP contribution is 2.37. The predicted molar refractivity (Wildman–Crippen MR) is 92.6 cm³/mol. The number of hydrogen-bond acceptors (Lipinski definition) is 5. The molecule has 2 aliphatic heterocycles. The Labute approximate surface area is 151 Å². The largest absolute Gasteiger partial charge is 0.459 e. The molecule has 0 radical (unpaired) electrons. The second kappa shape index (κ2) is 6.90. The average Bonchev–Trinajstić information content (AvgIpc) is 3.09. The van der Waals surface area contributed by atoms with Crippen molar-refractivity contribution in [1.29, 1.82) is 0 Å². The number of allylic oxidation sites excluding steroid dienone is 1. The molecular formula is C19H22N2O5. The minimum Gasteiger partial charge on any atom is -0.459 e. The molecule has 1 saturated carbocycles. The molecule has 138 valence electrons. The lowest BCUT2D eigenvalue weighted by Gasteiger charge is -2.30. The van der Waals surface area contributed by atoms with E-state index in [0.717, 1.165) is 31.2 Å². The van der Waals surface area contributed by atoms with Gasteiger partial charge < -0.3 is 24.8 Å². The minimum atomic E-state index is -0.589. The van der Waals surface area contributed by atoms with Crippen LogP contribution in [0.2, 0.25) is 0 Å². The molecule has 3 aliphatic rings. The number of carbonyl (C=O) groups is 2. The van der Waals surface area contributed by atoms with Gasteiger partial charge in [-0.2, -0.15) is 0 Å². The van der Waals surface area contributed by atoms with Crippen LogP contribution in [0.4, 0.5) is 4.79 Å². The van der Waals surface area contributed by atoms with Crippen LogP contribution in [0.15, 0.2) is 29.5 Å². The van der Waals surface area contributed by atoms with Gasteiger partial charge >= 0.3 is 12.0 Å². The molecule has 1 atom stereocenters. The Balaban J connectivity index is 1.62. The van der Waals surface area contributed by atoms with Gasteiger partial charge in [0.1, 0.15) is 6.10 Å². The molecule has 2 N–H and O–H groups in total. The van der Waals surface area contributed by atoms with Crippen molar-refractivity contribution in [2.24, 2.45) is 0 Å². The monoisotopic (exact) mass is 358 g/mol. The third-order valence-electron chi connectivity index (χ3n) is 5.04. The first-order valence-electron chi connectivity index (χ1n) is 9.00. The predicted octanol–water partition coefficient (Wildman–Crippen LogP) is 2.92. The van der Waals surface area contributed by atoms with Gasteiger partial charge in [-0.25, -0.2) is 9.59 Å². The summed E-state index contributed by atoms with van der Waals surface area (Å²) in [5.41, 5.74) is 1.69. The number of urea groups is 1. The fourth-order valence-corrected chi connectivity index (χ4v) is 3.70. The molecule has 2 amide bonds. The molecule has 1 aliphatic carbocycles. The smallest absolute Gasteiger partial charge is 0.338 e. The van der Waals surface area contributed by atoms with Crippen molar-refractivity contribution in [2.45, 2.75) is 51.2 Å². The first kappa shape index (κ1) is 16.8. The van der Waals surface area contributed by atoms with Gasteiger partial charge in [-0.05, 0) is 50.3 Å². The number of nitrogens with one attached hydrogen (secondary N) is 2. The number of ether oxygens (including phenoxy) is 3. The maximum Gasteiger partial charge on any atom is 0.338 e. The van der Waals surface area contributed by atoms with Gasteiger partial charge in [-0.1, -0.05) is 12.5 Å². The molecule has 0 unspecified atom stereocenters. The maximum atomic E-state index is 12.9. The van der Waals surface area contributed by atoms with Gasteiger partial charge in [0.2, 0.25) is 6.79 Å². The summed E-state index contributed by atoms with van der Waals surface area (Å²) in [6, 6.07) is 4.46. The number of rotatable bonds is 3. The lowest BCUT2D eigenvalue weighted by Crippen LogP contribution is -2.45. The summed E-state index contributed by atoms with van der Waals surface area (Å²) in [4.78, 5) is 24.9. The highest BCUT2D eigenvalue weighted by Gasteiger charge is 2.34. The first-order chi connectivity index (χ1) is 12.6. The van der Waals surface area contributed by atoms with Crippen molar-refractivity contribution in [2.75, 3.05) is 6.79 Å². The average molecular weight is 358 g/mol. The van der Waals surface area contributed by atoms with Gasteiger partial charge in [0.25, 0.3) is 0 Å². The third kappa shape index (κ3) is 3.21. The number of hydrogen-bond donors (Lipinski definition) is 2. The Bertz CT molecular complexity index is 767. The van der Waals surface area contributed by atoms with E-state index in [1.54, 1.807) is 19.1 Å². The topological polar surface area (TPSA) is 85.9 Å². The Hall–Kier alpha value is -2.70. The molecule has 4 rings (SSSR count). The first-order valence-corrected chi connectivity index (χ1v) is 9.00. The Morgan fingerprint density at radius 3 is 2.73 bits per heavy atom. The van der Waals surface area contributed by atoms with Gasteiger partial charge in [-0.3, -0.25) is 0 Å². The summed E-state index contributed by atoms with van der Waals surface area (Å²) in [6.07, 6.45) is 5.09. The van der Waals surface area contributed by atoms with Crippen molar-refractivity contribution >= 4 is 12.0 Å². The van der Waals surface area contributed by atoms with Crippen LogP contribution >= 0.6 is 0 Å². The zero-order chi connectivity index (χ0) is 18.1. The van der Waals surface area contributed by atoms with Crippen LogP contribution in [0.1, 0.15) is 50.6 Å². The molecule has 1 aromatic rings. The molecule has 0 saturated heterocycles. The summed E-state index contributed by atoms with van der Waals surface area (Å²) < 4.78 is 16.5. The molecule has 2 heterocycles. The summed E-state index contributed by atoms with van der Waals surface area (Å²) in [7, 11) is 0. The lowest BCUT2D eigenvalue weighted by atomic mass is 9.94. The number of benzene rings is 1. The molecule has 7 nitrogen and oxygen atoms in total. The third-order valence-corrected chi connectivity index (χ3v) is 5.04. The highest BCUT2D eigenvalue weighted by molar-refractivity contribution is 5.95. The lowest BCUT2D eigenvalue weighted by molar-refractivity contribution is -0.146. The van der Waals surface area contributed by atoms with E-state index >= 15 is 0 Å². The maximum absolute atomic E-state index is 12.9. The van der Waals surface area contributed by atoms with Gasteiger partial charge in [0.05, 0.1) is 11.6 Å². The fraction of sp³-hybridized carbons (Fsp3) is 0.474. The van der Waals surface area contributed by atoms with Crippen molar-refractivity contribution < 1.29 is 23.8 Å². The fourth-order valence-electron chi connectivity index (χ4n) is 3.70. The zero-order valence-electron chi connectivity index (χ0n) is 14.7. The normalized spacial score (nSPS) is 22.7. The van der Waals surface area contributed by atoms with E-state index in [9.17, 15) is 9.59 Å². The SMILES string of the molecule is CC1=C(C(=O)OC2CCCCC2)[C@@H](c2ccc3c(c2)OCO3)NC(=O)N1.